The van der Waals surface area contributed by atoms with E-state index in [0.29, 0.717) is 19.8 Å². The lowest BCUT2D eigenvalue weighted by Crippen LogP contribution is -2.10. The van der Waals surface area contributed by atoms with Crippen LogP contribution in [0.3, 0.4) is 0 Å². The van der Waals surface area contributed by atoms with Crippen molar-refractivity contribution in [1.82, 2.24) is 0 Å². The van der Waals surface area contributed by atoms with Gasteiger partial charge in [-0.05, 0) is 20.3 Å². The van der Waals surface area contributed by atoms with Crippen LogP contribution < -0.4 is 0 Å². The Hall–Kier alpha value is 0.0300. The van der Waals surface area contributed by atoms with E-state index >= 15 is 0 Å². The molecule has 0 aromatic rings. The molecule has 0 amide bonds. The normalized spacial score (nSPS) is 15.1. The number of phosphoric acid groups is 1. The van der Waals surface area contributed by atoms with Crippen LogP contribution in [0.2, 0.25) is 0 Å². The Bertz CT molecular complexity index is 221. The summed E-state index contributed by atoms with van der Waals surface area (Å²) in [6.07, 6.45) is 0.623. The molecular formula is C10H23O6P. The van der Waals surface area contributed by atoms with Crippen LogP contribution in [0.25, 0.3) is 0 Å². The second kappa shape index (κ2) is 10.00. The Morgan fingerprint density at radius 1 is 1.06 bits per heavy atom. The fourth-order valence-electron chi connectivity index (χ4n) is 0.975. The summed E-state index contributed by atoms with van der Waals surface area (Å²) in [6.45, 7) is 7.30. The Morgan fingerprint density at radius 2 is 1.59 bits per heavy atom. The maximum atomic E-state index is 11.2. The average Bonchev–Trinajstić information content (AvgIpc) is 2.20. The van der Waals surface area contributed by atoms with E-state index in [4.69, 9.17) is 18.5 Å². The van der Waals surface area contributed by atoms with E-state index in [0.717, 1.165) is 6.42 Å². The van der Waals surface area contributed by atoms with Crippen molar-refractivity contribution in [3.63, 3.8) is 0 Å². The first kappa shape index (κ1) is 17.0. The maximum Gasteiger partial charge on any atom is 0.472 e. The van der Waals surface area contributed by atoms with Crippen LogP contribution in [0.1, 0.15) is 27.2 Å². The molecule has 0 aliphatic heterocycles. The molecule has 0 saturated heterocycles. The summed E-state index contributed by atoms with van der Waals surface area (Å²) in [4.78, 5) is 9.19. The third-order valence-electron chi connectivity index (χ3n) is 1.55. The predicted octanol–water partition coefficient (Wildman–Crippen LogP) is 1.97. The van der Waals surface area contributed by atoms with Crippen LogP contribution in [0, 0.1) is 0 Å². The Morgan fingerprint density at radius 3 is 2.12 bits per heavy atom. The molecule has 0 radical (unpaired) electrons. The zero-order valence-electron chi connectivity index (χ0n) is 10.8. The van der Waals surface area contributed by atoms with Gasteiger partial charge in [0.1, 0.15) is 0 Å². The molecule has 0 heterocycles. The van der Waals surface area contributed by atoms with Crippen molar-refractivity contribution < 1.29 is 28.0 Å². The van der Waals surface area contributed by atoms with Gasteiger partial charge in [0.2, 0.25) is 0 Å². The van der Waals surface area contributed by atoms with E-state index in [1.165, 1.54) is 0 Å². The second-order valence-corrected chi connectivity index (χ2v) is 5.09. The molecule has 104 valence electrons. The number of hydrogen-bond acceptors (Lipinski definition) is 5. The van der Waals surface area contributed by atoms with Crippen LogP contribution in [-0.4, -0.2) is 44.0 Å². The van der Waals surface area contributed by atoms with Crippen LogP contribution in [0.4, 0.5) is 0 Å². The lowest BCUT2D eigenvalue weighted by Gasteiger charge is -2.14. The zero-order valence-corrected chi connectivity index (χ0v) is 11.7. The number of phosphoric ester groups is 1. The fraction of sp³-hybridized carbons (Fsp3) is 1.00. The van der Waals surface area contributed by atoms with Crippen molar-refractivity contribution in [3.8, 4) is 0 Å². The summed E-state index contributed by atoms with van der Waals surface area (Å²) in [6, 6.07) is 0. The van der Waals surface area contributed by atoms with E-state index in [1.807, 2.05) is 6.92 Å². The van der Waals surface area contributed by atoms with Gasteiger partial charge in [0.15, 0.2) is 0 Å². The van der Waals surface area contributed by atoms with Crippen LogP contribution in [0.5, 0.6) is 0 Å². The zero-order chi connectivity index (χ0) is 13.1. The van der Waals surface area contributed by atoms with Crippen molar-refractivity contribution in [2.24, 2.45) is 0 Å². The summed E-state index contributed by atoms with van der Waals surface area (Å²) in [5, 5.41) is 0. The highest BCUT2D eigenvalue weighted by Gasteiger charge is 2.22. The first-order valence-electron chi connectivity index (χ1n) is 5.79. The molecular weight excluding hydrogens is 247 g/mol. The van der Waals surface area contributed by atoms with E-state index in [9.17, 15) is 9.46 Å². The molecule has 0 rings (SSSR count). The van der Waals surface area contributed by atoms with Crippen LogP contribution in [-0.2, 0) is 23.1 Å². The summed E-state index contributed by atoms with van der Waals surface area (Å²) >= 11 is 0. The summed E-state index contributed by atoms with van der Waals surface area (Å²) in [7, 11) is -3.93. The van der Waals surface area contributed by atoms with Gasteiger partial charge >= 0.3 is 7.82 Å². The minimum Gasteiger partial charge on any atom is -0.379 e. The maximum absolute atomic E-state index is 11.2. The molecule has 0 spiro atoms. The number of ether oxygens (including phenoxy) is 2. The van der Waals surface area contributed by atoms with Gasteiger partial charge in [-0.15, -0.1) is 0 Å². The molecule has 0 saturated carbocycles. The Kier molecular flexibility index (Phi) is 10.0. The van der Waals surface area contributed by atoms with E-state index in [-0.39, 0.29) is 19.3 Å². The van der Waals surface area contributed by atoms with Gasteiger partial charge < -0.3 is 14.4 Å². The van der Waals surface area contributed by atoms with Gasteiger partial charge in [0, 0.05) is 6.61 Å². The van der Waals surface area contributed by atoms with Gasteiger partial charge in [-0.25, -0.2) is 4.57 Å². The van der Waals surface area contributed by atoms with E-state index in [2.05, 4.69) is 0 Å². The van der Waals surface area contributed by atoms with Crippen molar-refractivity contribution in [2.45, 2.75) is 33.3 Å². The van der Waals surface area contributed by atoms with E-state index in [1.54, 1.807) is 13.8 Å². The van der Waals surface area contributed by atoms with E-state index < -0.39 is 7.82 Å². The fourth-order valence-corrected chi connectivity index (χ4v) is 1.87. The first-order chi connectivity index (χ1) is 7.98. The molecule has 0 aliphatic carbocycles. The van der Waals surface area contributed by atoms with Crippen molar-refractivity contribution >= 4 is 7.82 Å². The van der Waals surface area contributed by atoms with Crippen molar-refractivity contribution in [1.29, 1.82) is 0 Å². The summed E-state index contributed by atoms with van der Waals surface area (Å²) < 4.78 is 31.0. The molecule has 0 aliphatic rings. The smallest absolute Gasteiger partial charge is 0.379 e. The molecule has 1 unspecified atom stereocenters. The highest BCUT2D eigenvalue weighted by Crippen LogP contribution is 2.44. The van der Waals surface area contributed by atoms with Crippen molar-refractivity contribution in [2.75, 3.05) is 33.0 Å². The van der Waals surface area contributed by atoms with Gasteiger partial charge in [-0.3, -0.25) is 9.05 Å². The molecule has 1 N–H and O–H groups in total. The lowest BCUT2D eigenvalue weighted by atomic mass is 10.5. The predicted molar refractivity (Wildman–Crippen MR) is 63.9 cm³/mol. The molecule has 6 nitrogen and oxygen atoms in total. The number of rotatable bonds is 11. The van der Waals surface area contributed by atoms with Crippen LogP contribution in [0.15, 0.2) is 0 Å². The third-order valence-corrected chi connectivity index (χ3v) is 2.74. The van der Waals surface area contributed by atoms with Gasteiger partial charge in [0.05, 0.1) is 32.5 Å². The molecule has 0 aromatic carbocycles. The number of hydrogen-bond donors (Lipinski definition) is 1. The Labute approximate surface area is 103 Å². The molecule has 1 atom stereocenters. The van der Waals surface area contributed by atoms with Gasteiger partial charge in [-0.1, -0.05) is 6.92 Å². The monoisotopic (exact) mass is 270 g/mol. The standard InChI is InChI=1S/C10H23O6P/c1-4-5-13-6-7-14-8-9-15-17(11,12)16-10(2)3/h10H,4-9H2,1-3H3,(H,11,12). The molecule has 0 bridgehead atoms. The highest BCUT2D eigenvalue weighted by molar-refractivity contribution is 7.47. The molecule has 0 aromatic heterocycles. The summed E-state index contributed by atoms with van der Waals surface area (Å²) in [5.74, 6) is 0. The van der Waals surface area contributed by atoms with Crippen LogP contribution >= 0.6 is 7.82 Å². The minimum atomic E-state index is -3.93. The first-order valence-corrected chi connectivity index (χ1v) is 7.28. The minimum absolute atomic E-state index is 0.0221. The highest BCUT2D eigenvalue weighted by atomic mass is 31.2. The largest absolute Gasteiger partial charge is 0.472 e. The molecule has 7 heteroatoms. The van der Waals surface area contributed by atoms with Crippen molar-refractivity contribution in [3.05, 3.63) is 0 Å². The quantitative estimate of drug-likeness (QED) is 0.457. The van der Waals surface area contributed by atoms with Gasteiger partial charge in [-0.2, -0.15) is 0 Å². The second-order valence-electron chi connectivity index (χ2n) is 3.68. The average molecular weight is 270 g/mol. The molecule has 17 heavy (non-hydrogen) atoms. The SMILES string of the molecule is CCCOCCOCCOP(=O)(O)OC(C)C. The van der Waals surface area contributed by atoms with Gasteiger partial charge in [0.25, 0.3) is 0 Å². The topological polar surface area (TPSA) is 74.2 Å². The third kappa shape index (κ3) is 12.3. The molecule has 0 fully saturated rings. The lowest BCUT2D eigenvalue weighted by molar-refractivity contribution is 0.0283. The Balaban J connectivity index is 3.35. The summed E-state index contributed by atoms with van der Waals surface area (Å²) in [5.41, 5.74) is 0.